The van der Waals surface area contributed by atoms with Gasteiger partial charge in [-0.15, -0.1) is 0 Å². The van der Waals surface area contributed by atoms with Crippen LogP contribution in [-0.2, 0) is 20.6 Å². The van der Waals surface area contributed by atoms with Crippen LogP contribution in [0, 0.1) is 0 Å². The predicted octanol–water partition coefficient (Wildman–Crippen LogP) is 0.0420. The van der Waals surface area contributed by atoms with Gasteiger partial charge in [-0.05, 0) is 12.1 Å². The number of nitrogens with zero attached hydrogens (tertiary/aromatic N) is 4. The lowest BCUT2D eigenvalue weighted by Crippen LogP contribution is -2.49. The Balaban J connectivity index is 1.65. The molecule has 7 heteroatoms. The van der Waals surface area contributed by atoms with E-state index in [2.05, 4.69) is 4.90 Å². The Bertz CT molecular complexity index is 877. The Morgan fingerprint density at radius 2 is 1.60 bits per heavy atom. The molecule has 0 spiro atoms. The molecule has 25 heavy (non-hydrogen) atoms. The van der Waals surface area contributed by atoms with Crippen LogP contribution in [0.5, 0.6) is 0 Å². The van der Waals surface area contributed by atoms with Crippen LogP contribution >= 0.6 is 0 Å². The topological polar surface area (TPSA) is 67.5 Å². The summed E-state index contributed by atoms with van der Waals surface area (Å²) in [7, 11) is 3.15. The molecule has 0 radical (unpaired) electrons. The number of rotatable bonds is 3. The summed E-state index contributed by atoms with van der Waals surface area (Å²) in [6.07, 6.45) is 0. The molecule has 1 saturated heterocycles. The average Bonchev–Trinajstić information content (AvgIpc) is 2.65. The molecule has 1 amide bonds. The minimum absolute atomic E-state index is 0.0428. The van der Waals surface area contributed by atoms with Crippen LogP contribution < -0.4 is 11.2 Å². The first-order chi connectivity index (χ1) is 12.0. The maximum atomic E-state index is 12.5. The monoisotopic (exact) mass is 342 g/mol. The van der Waals surface area contributed by atoms with Crippen molar-refractivity contribution in [3.63, 3.8) is 0 Å². The third-order valence-electron chi connectivity index (χ3n) is 4.69. The largest absolute Gasteiger partial charge is 0.336 e. The summed E-state index contributed by atoms with van der Waals surface area (Å²) >= 11 is 0. The normalized spacial score (nSPS) is 15.4. The summed E-state index contributed by atoms with van der Waals surface area (Å²) in [6, 6.07) is 10.8. The van der Waals surface area contributed by atoms with E-state index < -0.39 is 0 Å². The lowest BCUT2D eigenvalue weighted by atomic mass is 10.2. The van der Waals surface area contributed by atoms with Gasteiger partial charge in [0.1, 0.15) is 0 Å². The molecule has 1 aliphatic heterocycles. The first kappa shape index (κ1) is 17.2. The average molecular weight is 342 g/mol. The van der Waals surface area contributed by atoms with Gasteiger partial charge in [-0.1, -0.05) is 18.2 Å². The van der Waals surface area contributed by atoms with Gasteiger partial charge in [-0.3, -0.25) is 23.6 Å². The van der Waals surface area contributed by atoms with Gasteiger partial charge in [-0.2, -0.15) is 0 Å². The van der Waals surface area contributed by atoms with Crippen molar-refractivity contribution in [2.24, 2.45) is 14.1 Å². The number of aromatic nitrogens is 2. The highest BCUT2D eigenvalue weighted by atomic mass is 16.2. The fourth-order valence-corrected chi connectivity index (χ4v) is 3.03. The summed E-state index contributed by atoms with van der Waals surface area (Å²) in [5.41, 5.74) is 0.775. The molecular formula is C18H22N4O3. The molecule has 132 valence electrons. The number of carbonyl (C=O) groups excluding carboxylic acids is 1. The van der Waals surface area contributed by atoms with Crippen LogP contribution in [0.4, 0.5) is 0 Å². The molecule has 1 aromatic carbocycles. The first-order valence-corrected chi connectivity index (χ1v) is 8.30. The minimum atomic E-state index is -0.319. The molecule has 0 saturated carbocycles. The van der Waals surface area contributed by atoms with E-state index in [0.29, 0.717) is 44.0 Å². The summed E-state index contributed by atoms with van der Waals surface area (Å²) in [4.78, 5) is 40.3. The Morgan fingerprint density at radius 3 is 2.24 bits per heavy atom. The van der Waals surface area contributed by atoms with E-state index in [1.807, 2.05) is 35.2 Å². The predicted molar refractivity (Wildman–Crippen MR) is 94.5 cm³/mol. The molecule has 1 aliphatic rings. The van der Waals surface area contributed by atoms with Crippen LogP contribution in [0.1, 0.15) is 16.1 Å². The Labute approximate surface area is 145 Å². The second kappa shape index (κ2) is 7.06. The number of hydrogen-bond donors (Lipinski definition) is 0. The zero-order valence-electron chi connectivity index (χ0n) is 14.5. The van der Waals surface area contributed by atoms with Crippen LogP contribution in [0.25, 0.3) is 0 Å². The third kappa shape index (κ3) is 3.56. The van der Waals surface area contributed by atoms with Crippen molar-refractivity contribution in [2.45, 2.75) is 6.54 Å². The Hall–Kier alpha value is -2.67. The van der Waals surface area contributed by atoms with E-state index in [1.54, 1.807) is 7.05 Å². The molecule has 1 aromatic heterocycles. The van der Waals surface area contributed by atoms with E-state index in [-0.39, 0.29) is 17.2 Å². The van der Waals surface area contributed by atoms with Crippen molar-refractivity contribution in [2.75, 3.05) is 26.2 Å². The van der Waals surface area contributed by atoms with Crippen LogP contribution in [0.3, 0.4) is 0 Å². The summed E-state index contributed by atoms with van der Waals surface area (Å²) < 4.78 is 2.60. The van der Waals surface area contributed by atoms with Gasteiger partial charge in [0.25, 0.3) is 11.5 Å². The van der Waals surface area contributed by atoms with E-state index >= 15 is 0 Å². The van der Waals surface area contributed by atoms with Crippen molar-refractivity contribution in [3.8, 4) is 0 Å². The molecule has 2 aromatic rings. The molecule has 0 aliphatic carbocycles. The molecule has 1 fully saturated rings. The zero-order valence-corrected chi connectivity index (χ0v) is 14.5. The van der Waals surface area contributed by atoms with Gasteiger partial charge < -0.3 is 4.90 Å². The number of amides is 1. The molecule has 2 heterocycles. The van der Waals surface area contributed by atoms with Gasteiger partial charge in [0.2, 0.25) is 0 Å². The maximum Gasteiger partial charge on any atom is 0.330 e. The van der Waals surface area contributed by atoms with Crippen LogP contribution in [0.2, 0.25) is 0 Å². The van der Waals surface area contributed by atoms with E-state index in [9.17, 15) is 14.4 Å². The highest BCUT2D eigenvalue weighted by Crippen LogP contribution is 2.10. The zero-order chi connectivity index (χ0) is 18.0. The Morgan fingerprint density at radius 1 is 0.960 bits per heavy atom. The van der Waals surface area contributed by atoms with Gasteiger partial charge in [0.05, 0.1) is 0 Å². The van der Waals surface area contributed by atoms with E-state index in [1.165, 1.54) is 17.7 Å². The number of benzene rings is 1. The SMILES string of the molecule is Cn1c(CN2CCN(C(=O)c3ccccc3)CC2)cc(=O)n(C)c1=O. The molecule has 3 rings (SSSR count). The van der Waals surface area contributed by atoms with Crippen molar-refractivity contribution >= 4 is 5.91 Å². The number of carbonyl (C=O) groups is 1. The highest BCUT2D eigenvalue weighted by molar-refractivity contribution is 5.94. The highest BCUT2D eigenvalue weighted by Gasteiger charge is 2.22. The lowest BCUT2D eigenvalue weighted by molar-refractivity contribution is 0.0625. The summed E-state index contributed by atoms with van der Waals surface area (Å²) in [5, 5.41) is 0. The number of piperazine rings is 1. The van der Waals surface area contributed by atoms with Crippen molar-refractivity contribution in [1.29, 1.82) is 0 Å². The molecule has 0 bridgehead atoms. The second-order valence-corrected chi connectivity index (χ2v) is 6.31. The van der Waals surface area contributed by atoms with Crippen molar-refractivity contribution in [3.05, 3.63) is 68.5 Å². The van der Waals surface area contributed by atoms with Crippen molar-refractivity contribution < 1.29 is 4.79 Å². The quantitative estimate of drug-likeness (QED) is 0.790. The van der Waals surface area contributed by atoms with E-state index in [4.69, 9.17) is 0 Å². The fraction of sp³-hybridized carbons (Fsp3) is 0.389. The van der Waals surface area contributed by atoms with Gasteiger partial charge in [0, 0.05) is 64.1 Å². The van der Waals surface area contributed by atoms with Gasteiger partial charge in [0.15, 0.2) is 0 Å². The van der Waals surface area contributed by atoms with Gasteiger partial charge in [-0.25, -0.2) is 4.79 Å². The first-order valence-electron chi connectivity index (χ1n) is 8.30. The summed E-state index contributed by atoms with van der Waals surface area (Å²) in [6.45, 7) is 3.21. The minimum Gasteiger partial charge on any atom is -0.336 e. The van der Waals surface area contributed by atoms with Gasteiger partial charge >= 0.3 is 5.69 Å². The molecule has 7 nitrogen and oxygen atoms in total. The fourth-order valence-electron chi connectivity index (χ4n) is 3.03. The molecule has 0 N–H and O–H groups in total. The lowest BCUT2D eigenvalue weighted by Gasteiger charge is -2.35. The van der Waals surface area contributed by atoms with Crippen molar-refractivity contribution in [1.82, 2.24) is 18.9 Å². The number of hydrogen-bond acceptors (Lipinski definition) is 4. The standard InChI is InChI=1S/C18H22N4O3/c1-19-15(12-16(23)20(2)18(19)25)13-21-8-10-22(11-9-21)17(24)14-6-4-3-5-7-14/h3-7,12H,8-11,13H2,1-2H3. The molecule has 0 unspecified atom stereocenters. The maximum absolute atomic E-state index is 12.5. The third-order valence-corrected chi connectivity index (χ3v) is 4.69. The van der Waals surface area contributed by atoms with Crippen LogP contribution in [0.15, 0.2) is 46.0 Å². The molecule has 0 atom stereocenters. The van der Waals surface area contributed by atoms with E-state index in [0.717, 1.165) is 4.57 Å². The second-order valence-electron chi connectivity index (χ2n) is 6.31. The Kier molecular flexibility index (Phi) is 4.85. The smallest absolute Gasteiger partial charge is 0.330 e. The summed E-state index contributed by atoms with van der Waals surface area (Å²) in [5.74, 6) is 0.0428. The molecular weight excluding hydrogens is 320 g/mol. The van der Waals surface area contributed by atoms with Crippen LogP contribution in [-0.4, -0.2) is 51.0 Å².